The predicted octanol–water partition coefficient (Wildman–Crippen LogP) is 3.61. The lowest BCUT2D eigenvalue weighted by Crippen LogP contribution is -2.05. The van der Waals surface area contributed by atoms with E-state index in [9.17, 15) is 4.39 Å². The van der Waals surface area contributed by atoms with Gasteiger partial charge >= 0.3 is 0 Å². The minimum absolute atomic E-state index is 0.0825. The summed E-state index contributed by atoms with van der Waals surface area (Å²) in [6.45, 7) is 2.00. The number of rotatable bonds is 3. The topological polar surface area (TPSA) is 37.8 Å². The number of nitrogens with one attached hydrogen (secondary N) is 1. The van der Waals surface area contributed by atoms with E-state index >= 15 is 0 Å². The summed E-state index contributed by atoms with van der Waals surface area (Å²) in [5.74, 6) is -0.254. The molecule has 1 N–H and O–H groups in total. The van der Waals surface area contributed by atoms with Gasteiger partial charge in [-0.1, -0.05) is 10.6 Å². The Bertz CT molecular complexity index is 475. The summed E-state index contributed by atoms with van der Waals surface area (Å²) in [5, 5.41) is 7.87. The number of hydrogen-bond acceptors (Lipinski definition) is 4. The second kappa shape index (κ2) is 4.88. The largest absolute Gasteiger partial charge is 0.368 e. The van der Waals surface area contributed by atoms with Crippen molar-refractivity contribution in [3.8, 4) is 0 Å². The molecule has 3 nitrogen and oxygen atoms in total. The van der Waals surface area contributed by atoms with Crippen LogP contribution in [0.2, 0.25) is 0 Å². The highest BCUT2D eigenvalue weighted by atomic mass is 79.9. The Hall–Kier alpha value is -1.01. The van der Waals surface area contributed by atoms with Crippen molar-refractivity contribution in [1.82, 2.24) is 9.59 Å². The number of hydrogen-bond donors (Lipinski definition) is 1. The fourth-order valence-corrected chi connectivity index (χ4v) is 2.21. The molecule has 1 unspecified atom stereocenters. The third-order valence-corrected chi connectivity index (χ3v) is 3.37. The molecule has 2 rings (SSSR count). The van der Waals surface area contributed by atoms with Gasteiger partial charge in [-0.05, 0) is 40.5 Å². The number of aromatic nitrogens is 2. The van der Waals surface area contributed by atoms with E-state index in [1.165, 1.54) is 17.6 Å². The van der Waals surface area contributed by atoms with Gasteiger partial charge in [0.05, 0.1) is 10.7 Å². The maximum absolute atomic E-state index is 13.1. The number of nitrogens with zero attached hydrogens (tertiary/aromatic N) is 2. The van der Waals surface area contributed by atoms with Gasteiger partial charge in [0.1, 0.15) is 10.8 Å². The first-order valence-corrected chi connectivity index (χ1v) is 6.22. The first-order valence-electron chi connectivity index (χ1n) is 4.65. The van der Waals surface area contributed by atoms with Crippen molar-refractivity contribution in [3.05, 3.63) is 40.2 Å². The van der Waals surface area contributed by atoms with Crippen LogP contribution in [-0.2, 0) is 0 Å². The van der Waals surface area contributed by atoms with Crippen LogP contribution in [0.4, 0.5) is 9.39 Å². The Balaban J connectivity index is 2.14. The molecule has 16 heavy (non-hydrogen) atoms. The van der Waals surface area contributed by atoms with Crippen molar-refractivity contribution in [2.24, 2.45) is 0 Å². The fraction of sp³-hybridized carbons (Fsp3) is 0.200. The van der Waals surface area contributed by atoms with Crippen molar-refractivity contribution < 1.29 is 4.39 Å². The third-order valence-electron chi connectivity index (χ3n) is 2.16. The van der Waals surface area contributed by atoms with E-state index in [4.69, 9.17) is 0 Å². The lowest BCUT2D eigenvalue weighted by Gasteiger charge is -2.13. The molecule has 1 atom stereocenters. The van der Waals surface area contributed by atoms with Gasteiger partial charge < -0.3 is 5.32 Å². The minimum Gasteiger partial charge on any atom is -0.368 e. The monoisotopic (exact) mass is 301 g/mol. The molecule has 0 aliphatic heterocycles. The van der Waals surface area contributed by atoms with E-state index in [-0.39, 0.29) is 11.9 Å². The molecule has 0 saturated heterocycles. The second-order valence-corrected chi connectivity index (χ2v) is 4.96. The molecule has 84 valence electrons. The number of benzene rings is 1. The van der Waals surface area contributed by atoms with Crippen LogP contribution in [-0.4, -0.2) is 9.59 Å². The van der Waals surface area contributed by atoms with E-state index in [0.717, 1.165) is 10.6 Å². The van der Waals surface area contributed by atoms with Crippen molar-refractivity contribution >= 4 is 32.5 Å². The summed E-state index contributed by atoms with van der Waals surface area (Å²) in [7, 11) is 0. The molecule has 0 spiro atoms. The molecule has 0 bridgehead atoms. The lowest BCUT2D eigenvalue weighted by molar-refractivity contribution is 0.619. The zero-order valence-corrected chi connectivity index (χ0v) is 10.8. The third kappa shape index (κ3) is 2.56. The van der Waals surface area contributed by atoms with E-state index in [2.05, 4.69) is 30.8 Å². The minimum atomic E-state index is -0.254. The maximum Gasteiger partial charge on any atom is 0.137 e. The van der Waals surface area contributed by atoms with Crippen LogP contribution in [0.3, 0.4) is 0 Å². The molecule has 2 aromatic rings. The Labute approximate surface area is 105 Å². The van der Waals surface area contributed by atoms with E-state index in [1.54, 1.807) is 18.3 Å². The summed E-state index contributed by atoms with van der Waals surface area (Å²) in [5.41, 5.74) is 1.00. The highest BCUT2D eigenvalue weighted by Crippen LogP contribution is 2.24. The van der Waals surface area contributed by atoms with Crippen LogP contribution < -0.4 is 5.32 Å². The van der Waals surface area contributed by atoms with Crippen LogP contribution in [0.15, 0.2) is 28.9 Å². The molecule has 1 aromatic heterocycles. The van der Waals surface area contributed by atoms with Gasteiger partial charge in [0.25, 0.3) is 0 Å². The quantitative estimate of drug-likeness (QED) is 0.941. The predicted molar refractivity (Wildman–Crippen MR) is 66.0 cm³/mol. The molecular weight excluding hydrogens is 293 g/mol. The standard InChI is InChI=1S/C10H9BrFN3S/c1-6(14-10-5-13-15-16-10)7-2-3-9(12)8(11)4-7/h2-6,14H,1H3. The summed E-state index contributed by atoms with van der Waals surface area (Å²) >= 11 is 4.46. The van der Waals surface area contributed by atoms with Crippen LogP contribution in [0.1, 0.15) is 18.5 Å². The highest BCUT2D eigenvalue weighted by molar-refractivity contribution is 9.10. The van der Waals surface area contributed by atoms with Gasteiger partial charge in [-0.3, -0.25) is 0 Å². The first kappa shape index (κ1) is 11.5. The molecular formula is C10H9BrFN3S. The fourth-order valence-electron chi connectivity index (χ4n) is 1.31. The molecule has 0 saturated carbocycles. The number of halogens is 2. The summed E-state index contributed by atoms with van der Waals surface area (Å²) in [6, 6.07) is 5.05. The zero-order valence-electron chi connectivity index (χ0n) is 8.45. The maximum atomic E-state index is 13.1. The van der Waals surface area contributed by atoms with Gasteiger partial charge in [-0.2, -0.15) is 0 Å². The lowest BCUT2D eigenvalue weighted by atomic mass is 10.1. The molecule has 1 aromatic carbocycles. The Morgan fingerprint density at radius 3 is 2.94 bits per heavy atom. The average molecular weight is 302 g/mol. The van der Waals surface area contributed by atoms with Crippen LogP contribution in [0, 0.1) is 5.82 Å². The van der Waals surface area contributed by atoms with E-state index in [0.29, 0.717) is 4.47 Å². The summed E-state index contributed by atoms with van der Waals surface area (Å²) in [6.07, 6.45) is 1.67. The molecule has 0 aliphatic carbocycles. The number of anilines is 1. The smallest absolute Gasteiger partial charge is 0.137 e. The summed E-state index contributed by atoms with van der Waals surface area (Å²) < 4.78 is 17.3. The van der Waals surface area contributed by atoms with Crippen LogP contribution in [0.25, 0.3) is 0 Å². The Kier molecular flexibility index (Phi) is 3.50. The average Bonchev–Trinajstić information content (AvgIpc) is 2.74. The zero-order chi connectivity index (χ0) is 11.5. The molecule has 0 fully saturated rings. The van der Waals surface area contributed by atoms with E-state index < -0.39 is 0 Å². The van der Waals surface area contributed by atoms with Crippen molar-refractivity contribution in [2.45, 2.75) is 13.0 Å². The SMILES string of the molecule is CC(Nc1cnns1)c1ccc(F)c(Br)c1. The normalized spacial score (nSPS) is 12.4. The molecule has 1 heterocycles. The van der Waals surface area contributed by atoms with Gasteiger partial charge in [0, 0.05) is 17.6 Å². The van der Waals surface area contributed by atoms with Crippen LogP contribution >= 0.6 is 27.5 Å². The Morgan fingerprint density at radius 2 is 2.31 bits per heavy atom. The Morgan fingerprint density at radius 1 is 1.50 bits per heavy atom. The molecule has 0 radical (unpaired) electrons. The van der Waals surface area contributed by atoms with Gasteiger partial charge in [0.2, 0.25) is 0 Å². The van der Waals surface area contributed by atoms with Gasteiger partial charge in [0.15, 0.2) is 0 Å². The molecule has 0 aliphatic rings. The second-order valence-electron chi connectivity index (χ2n) is 3.32. The summed E-state index contributed by atoms with van der Waals surface area (Å²) in [4.78, 5) is 0. The van der Waals surface area contributed by atoms with Crippen molar-refractivity contribution in [1.29, 1.82) is 0 Å². The van der Waals surface area contributed by atoms with Crippen molar-refractivity contribution in [3.63, 3.8) is 0 Å². The van der Waals surface area contributed by atoms with Crippen LogP contribution in [0.5, 0.6) is 0 Å². The highest BCUT2D eigenvalue weighted by Gasteiger charge is 2.08. The molecule has 6 heteroatoms. The van der Waals surface area contributed by atoms with Gasteiger partial charge in [-0.25, -0.2) is 4.39 Å². The first-order chi connectivity index (χ1) is 7.66. The van der Waals surface area contributed by atoms with Gasteiger partial charge in [-0.15, -0.1) is 5.10 Å². The van der Waals surface area contributed by atoms with Crippen molar-refractivity contribution in [2.75, 3.05) is 5.32 Å². The molecule has 0 amide bonds. The van der Waals surface area contributed by atoms with E-state index in [1.807, 2.05) is 6.92 Å².